The van der Waals surface area contributed by atoms with Crippen molar-refractivity contribution in [3.05, 3.63) is 41.5 Å². The van der Waals surface area contributed by atoms with Gasteiger partial charge in [0.25, 0.3) is 5.91 Å². The summed E-state index contributed by atoms with van der Waals surface area (Å²) >= 11 is 0. The SMILES string of the molecule is Cc1noc(CCNC(=O)c2ccc(NN)cc2)n1. The van der Waals surface area contributed by atoms with Gasteiger partial charge in [-0.3, -0.25) is 10.6 Å². The highest BCUT2D eigenvalue weighted by atomic mass is 16.5. The van der Waals surface area contributed by atoms with Crippen LogP contribution in [0.2, 0.25) is 0 Å². The van der Waals surface area contributed by atoms with Crippen LogP contribution in [0.4, 0.5) is 5.69 Å². The van der Waals surface area contributed by atoms with E-state index in [9.17, 15) is 4.79 Å². The molecule has 0 bridgehead atoms. The Kier molecular flexibility index (Phi) is 4.09. The summed E-state index contributed by atoms with van der Waals surface area (Å²) in [7, 11) is 0. The molecule has 7 nitrogen and oxygen atoms in total. The zero-order valence-corrected chi connectivity index (χ0v) is 10.5. The summed E-state index contributed by atoms with van der Waals surface area (Å²) in [6, 6.07) is 6.86. The Balaban J connectivity index is 1.83. The molecule has 0 aliphatic heterocycles. The second-order valence-corrected chi connectivity index (χ2v) is 3.96. The van der Waals surface area contributed by atoms with Gasteiger partial charge in [0, 0.05) is 24.2 Å². The number of aromatic nitrogens is 2. The number of benzene rings is 1. The highest BCUT2D eigenvalue weighted by Gasteiger charge is 2.06. The number of carbonyl (C=O) groups is 1. The van der Waals surface area contributed by atoms with E-state index in [0.717, 1.165) is 5.69 Å². The summed E-state index contributed by atoms with van der Waals surface area (Å²) in [5.41, 5.74) is 3.82. The van der Waals surface area contributed by atoms with Crippen LogP contribution >= 0.6 is 0 Å². The van der Waals surface area contributed by atoms with Crippen molar-refractivity contribution in [1.82, 2.24) is 15.5 Å². The highest BCUT2D eigenvalue weighted by molar-refractivity contribution is 5.94. The van der Waals surface area contributed by atoms with Crippen LogP contribution in [-0.2, 0) is 6.42 Å². The first-order chi connectivity index (χ1) is 9.19. The van der Waals surface area contributed by atoms with E-state index >= 15 is 0 Å². The average molecular weight is 261 g/mol. The molecule has 4 N–H and O–H groups in total. The van der Waals surface area contributed by atoms with Crippen LogP contribution in [-0.4, -0.2) is 22.6 Å². The van der Waals surface area contributed by atoms with Crippen molar-refractivity contribution in [2.24, 2.45) is 5.84 Å². The summed E-state index contributed by atoms with van der Waals surface area (Å²) in [5.74, 6) is 6.20. The van der Waals surface area contributed by atoms with Crippen molar-refractivity contribution in [2.75, 3.05) is 12.0 Å². The van der Waals surface area contributed by atoms with Gasteiger partial charge in [-0.15, -0.1) is 0 Å². The lowest BCUT2D eigenvalue weighted by Crippen LogP contribution is -2.25. The Morgan fingerprint density at radius 1 is 1.37 bits per heavy atom. The lowest BCUT2D eigenvalue weighted by atomic mass is 10.2. The van der Waals surface area contributed by atoms with Crippen molar-refractivity contribution in [2.45, 2.75) is 13.3 Å². The highest BCUT2D eigenvalue weighted by Crippen LogP contribution is 2.07. The van der Waals surface area contributed by atoms with Gasteiger partial charge in [-0.05, 0) is 31.2 Å². The standard InChI is InChI=1S/C12H15N5O2/c1-8-15-11(19-17-8)6-7-14-12(18)9-2-4-10(16-13)5-3-9/h2-5,16H,6-7,13H2,1H3,(H,14,18). The molecular formula is C12H15N5O2. The Morgan fingerprint density at radius 2 is 2.11 bits per heavy atom. The molecule has 0 unspecified atom stereocenters. The molecule has 0 radical (unpaired) electrons. The van der Waals surface area contributed by atoms with Crippen molar-refractivity contribution >= 4 is 11.6 Å². The maximum absolute atomic E-state index is 11.8. The predicted octanol–water partition coefficient (Wildman–Crippen LogP) is 0.636. The van der Waals surface area contributed by atoms with Crippen LogP contribution in [0.5, 0.6) is 0 Å². The van der Waals surface area contributed by atoms with Crippen LogP contribution < -0.4 is 16.6 Å². The quantitative estimate of drug-likeness (QED) is 0.538. The molecule has 1 aromatic carbocycles. The normalized spacial score (nSPS) is 10.2. The number of hydrazine groups is 1. The third-order valence-electron chi connectivity index (χ3n) is 2.51. The molecule has 0 aliphatic rings. The van der Waals surface area contributed by atoms with Gasteiger partial charge in [-0.1, -0.05) is 5.16 Å². The summed E-state index contributed by atoms with van der Waals surface area (Å²) in [4.78, 5) is 15.9. The topological polar surface area (TPSA) is 106 Å². The van der Waals surface area contributed by atoms with Crippen LogP contribution in [0.1, 0.15) is 22.1 Å². The second kappa shape index (κ2) is 5.96. The van der Waals surface area contributed by atoms with E-state index in [2.05, 4.69) is 20.9 Å². The van der Waals surface area contributed by atoms with Gasteiger partial charge in [0.1, 0.15) is 0 Å². The lowest BCUT2D eigenvalue weighted by Gasteiger charge is -2.04. The first kappa shape index (κ1) is 13.0. The molecule has 1 heterocycles. The summed E-state index contributed by atoms with van der Waals surface area (Å²) in [6.07, 6.45) is 0.509. The number of carbonyl (C=O) groups excluding carboxylic acids is 1. The fourth-order valence-electron chi connectivity index (χ4n) is 1.54. The maximum Gasteiger partial charge on any atom is 0.251 e. The fourth-order valence-corrected chi connectivity index (χ4v) is 1.54. The number of hydrogen-bond acceptors (Lipinski definition) is 6. The Bertz CT molecular complexity index is 550. The van der Waals surface area contributed by atoms with Gasteiger partial charge >= 0.3 is 0 Å². The van der Waals surface area contributed by atoms with Crippen molar-refractivity contribution in [1.29, 1.82) is 0 Å². The summed E-state index contributed by atoms with van der Waals surface area (Å²) < 4.78 is 4.95. The molecule has 100 valence electrons. The first-order valence-electron chi connectivity index (χ1n) is 5.83. The largest absolute Gasteiger partial charge is 0.352 e. The molecular weight excluding hydrogens is 246 g/mol. The van der Waals surface area contributed by atoms with Crippen LogP contribution in [0, 0.1) is 6.92 Å². The van der Waals surface area contributed by atoms with E-state index in [0.29, 0.717) is 30.2 Å². The molecule has 1 aromatic heterocycles. The predicted molar refractivity (Wildman–Crippen MR) is 69.3 cm³/mol. The first-order valence-corrected chi connectivity index (χ1v) is 5.83. The number of amides is 1. The average Bonchev–Trinajstić information content (AvgIpc) is 2.84. The molecule has 1 amide bonds. The number of nitrogen functional groups attached to an aromatic ring is 1. The molecule has 0 fully saturated rings. The summed E-state index contributed by atoms with van der Waals surface area (Å²) in [6.45, 7) is 2.19. The number of aryl methyl sites for hydroxylation is 1. The fraction of sp³-hybridized carbons (Fsp3) is 0.250. The number of nitrogens with one attached hydrogen (secondary N) is 2. The molecule has 2 rings (SSSR count). The van der Waals surface area contributed by atoms with E-state index < -0.39 is 0 Å². The maximum atomic E-state index is 11.8. The summed E-state index contributed by atoms with van der Waals surface area (Å²) in [5, 5.41) is 6.45. The van der Waals surface area contributed by atoms with Gasteiger partial charge in [-0.2, -0.15) is 4.98 Å². The molecule has 0 atom stereocenters. The molecule has 7 heteroatoms. The Morgan fingerprint density at radius 3 is 2.68 bits per heavy atom. The molecule has 0 spiro atoms. The van der Waals surface area contributed by atoms with Gasteiger partial charge in [0.05, 0.1) is 0 Å². The van der Waals surface area contributed by atoms with E-state index in [4.69, 9.17) is 10.4 Å². The van der Waals surface area contributed by atoms with Crippen molar-refractivity contribution < 1.29 is 9.32 Å². The van der Waals surface area contributed by atoms with Gasteiger partial charge in [0.2, 0.25) is 5.89 Å². The van der Waals surface area contributed by atoms with Crippen LogP contribution in [0.15, 0.2) is 28.8 Å². The van der Waals surface area contributed by atoms with Crippen LogP contribution in [0.3, 0.4) is 0 Å². The van der Waals surface area contributed by atoms with Gasteiger partial charge in [0.15, 0.2) is 5.82 Å². The van der Waals surface area contributed by atoms with E-state index in [-0.39, 0.29) is 5.91 Å². The number of nitrogens with zero attached hydrogens (tertiary/aromatic N) is 2. The van der Waals surface area contributed by atoms with Gasteiger partial charge in [-0.25, -0.2) is 0 Å². The third kappa shape index (κ3) is 3.52. The molecule has 0 saturated carbocycles. The molecule has 19 heavy (non-hydrogen) atoms. The third-order valence-corrected chi connectivity index (χ3v) is 2.51. The molecule has 0 saturated heterocycles. The van der Waals surface area contributed by atoms with E-state index in [1.54, 1.807) is 31.2 Å². The van der Waals surface area contributed by atoms with E-state index in [1.165, 1.54) is 0 Å². The lowest BCUT2D eigenvalue weighted by molar-refractivity contribution is 0.0953. The zero-order valence-electron chi connectivity index (χ0n) is 10.5. The second-order valence-electron chi connectivity index (χ2n) is 3.96. The molecule has 2 aromatic rings. The van der Waals surface area contributed by atoms with Crippen molar-refractivity contribution in [3.8, 4) is 0 Å². The number of nitrogens with two attached hydrogens (primary N) is 1. The minimum Gasteiger partial charge on any atom is -0.352 e. The minimum absolute atomic E-state index is 0.153. The van der Waals surface area contributed by atoms with Crippen LogP contribution in [0.25, 0.3) is 0 Å². The minimum atomic E-state index is -0.153. The van der Waals surface area contributed by atoms with Gasteiger partial charge < -0.3 is 15.3 Å². The Hall–Kier alpha value is -2.41. The number of hydrogen-bond donors (Lipinski definition) is 3. The monoisotopic (exact) mass is 261 g/mol. The van der Waals surface area contributed by atoms with E-state index in [1.807, 2.05) is 0 Å². The molecule has 0 aliphatic carbocycles. The zero-order chi connectivity index (χ0) is 13.7. The van der Waals surface area contributed by atoms with Crippen molar-refractivity contribution in [3.63, 3.8) is 0 Å². The smallest absolute Gasteiger partial charge is 0.251 e. The Labute approximate surface area is 110 Å². The number of rotatable bonds is 5. The number of anilines is 1.